The fourth-order valence-electron chi connectivity index (χ4n) is 2.64. The van der Waals surface area contributed by atoms with E-state index in [-0.39, 0.29) is 5.69 Å². The van der Waals surface area contributed by atoms with E-state index in [1.807, 2.05) is 0 Å². The number of benzene rings is 1. The van der Waals surface area contributed by atoms with Crippen molar-refractivity contribution in [1.82, 2.24) is 5.32 Å². The number of nitrogens with zero attached hydrogens (tertiary/aromatic N) is 1. The number of nitrogens with one attached hydrogen (secondary N) is 1. The second-order valence-corrected chi connectivity index (χ2v) is 5.29. The van der Waals surface area contributed by atoms with E-state index < -0.39 is 4.92 Å². The summed E-state index contributed by atoms with van der Waals surface area (Å²) >= 11 is 0. The number of nitro groups is 1. The van der Waals surface area contributed by atoms with Gasteiger partial charge in [-0.1, -0.05) is 25.7 Å². The number of hydrogen-bond donors (Lipinski definition) is 1. The van der Waals surface area contributed by atoms with Gasteiger partial charge in [0, 0.05) is 18.7 Å². The first-order valence-electron chi connectivity index (χ1n) is 7.33. The molecule has 20 heavy (non-hydrogen) atoms. The smallest absolute Gasteiger partial charge is 0.269 e. The van der Waals surface area contributed by atoms with Crippen LogP contribution in [0.15, 0.2) is 24.3 Å². The van der Waals surface area contributed by atoms with Crippen molar-refractivity contribution in [2.45, 2.75) is 32.1 Å². The predicted octanol–water partition coefficient (Wildman–Crippen LogP) is 3.14. The Balaban J connectivity index is 1.55. The molecule has 1 aliphatic carbocycles. The van der Waals surface area contributed by atoms with E-state index in [4.69, 9.17) is 4.74 Å². The summed E-state index contributed by atoms with van der Waals surface area (Å²) in [6, 6.07) is 6.19. The van der Waals surface area contributed by atoms with Gasteiger partial charge < -0.3 is 10.1 Å². The van der Waals surface area contributed by atoms with Crippen LogP contribution < -0.4 is 10.1 Å². The molecule has 0 atom stereocenters. The van der Waals surface area contributed by atoms with E-state index >= 15 is 0 Å². The second-order valence-electron chi connectivity index (χ2n) is 5.29. The lowest BCUT2D eigenvalue weighted by Gasteiger charge is -2.10. The zero-order valence-electron chi connectivity index (χ0n) is 11.7. The predicted molar refractivity (Wildman–Crippen MR) is 78.0 cm³/mol. The van der Waals surface area contributed by atoms with Gasteiger partial charge in [-0.3, -0.25) is 10.1 Å². The standard InChI is InChI=1S/C15H22N2O3/c18-17(19)14-5-7-15(8-6-14)20-12-11-16-10-9-13-3-1-2-4-13/h5-8,13,16H,1-4,9-12H2. The first-order chi connectivity index (χ1) is 9.75. The molecule has 0 spiro atoms. The molecular weight excluding hydrogens is 256 g/mol. The van der Waals surface area contributed by atoms with Gasteiger partial charge >= 0.3 is 0 Å². The third kappa shape index (κ3) is 4.81. The fraction of sp³-hybridized carbons (Fsp3) is 0.600. The van der Waals surface area contributed by atoms with E-state index in [2.05, 4.69) is 5.32 Å². The lowest BCUT2D eigenvalue weighted by Crippen LogP contribution is -2.23. The van der Waals surface area contributed by atoms with Crippen LogP contribution in [0.25, 0.3) is 0 Å². The van der Waals surface area contributed by atoms with Gasteiger partial charge in [0.15, 0.2) is 0 Å². The summed E-state index contributed by atoms with van der Waals surface area (Å²) in [6.45, 7) is 2.44. The van der Waals surface area contributed by atoms with Gasteiger partial charge in [-0.25, -0.2) is 0 Å². The van der Waals surface area contributed by atoms with Crippen LogP contribution in [0.3, 0.4) is 0 Å². The van der Waals surface area contributed by atoms with Gasteiger partial charge in [0.2, 0.25) is 0 Å². The van der Waals surface area contributed by atoms with Gasteiger partial charge in [-0.15, -0.1) is 0 Å². The summed E-state index contributed by atoms with van der Waals surface area (Å²) in [7, 11) is 0. The molecule has 1 saturated carbocycles. The monoisotopic (exact) mass is 278 g/mol. The Morgan fingerprint density at radius 2 is 1.90 bits per heavy atom. The molecule has 0 heterocycles. The van der Waals surface area contributed by atoms with Crippen molar-refractivity contribution in [3.8, 4) is 5.75 Å². The Morgan fingerprint density at radius 3 is 2.55 bits per heavy atom. The minimum atomic E-state index is -0.408. The zero-order chi connectivity index (χ0) is 14.2. The minimum absolute atomic E-state index is 0.0899. The molecule has 1 N–H and O–H groups in total. The summed E-state index contributed by atoms with van der Waals surface area (Å²) in [5.41, 5.74) is 0.0899. The molecule has 1 fully saturated rings. The van der Waals surface area contributed by atoms with Crippen LogP contribution in [0.5, 0.6) is 5.75 Å². The second kappa shape index (κ2) is 7.85. The minimum Gasteiger partial charge on any atom is -0.492 e. The Labute approximate surface area is 119 Å². The van der Waals surface area contributed by atoms with Gasteiger partial charge in [0.25, 0.3) is 5.69 Å². The average molecular weight is 278 g/mol. The van der Waals surface area contributed by atoms with Crippen LogP contribution >= 0.6 is 0 Å². The molecule has 5 heteroatoms. The molecule has 0 unspecified atom stereocenters. The van der Waals surface area contributed by atoms with Crippen molar-refractivity contribution >= 4 is 5.69 Å². The maximum Gasteiger partial charge on any atom is 0.269 e. The highest BCUT2D eigenvalue weighted by Gasteiger charge is 2.13. The summed E-state index contributed by atoms with van der Waals surface area (Å²) in [6.07, 6.45) is 6.83. The molecular formula is C15H22N2O3. The quantitative estimate of drug-likeness (QED) is 0.451. The zero-order valence-corrected chi connectivity index (χ0v) is 11.7. The lowest BCUT2D eigenvalue weighted by atomic mass is 10.0. The molecule has 1 aromatic carbocycles. The molecule has 1 aliphatic rings. The Morgan fingerprint density at radius 1 is 1.20 bits per heavy atom. The third-order valence-electron chi connectivity index (χ3n) is 3.80. The van der Waals surface area contributed by atoms with Crippen molar-refractivity contribution in [3.05, 3.63) is 34.4 Å². The first kappa shape index (κ1) is 14.8. The molecule has 5 nitrogen and oxygen atoms in total. The maximum atomic E-state index is 10.5. The molecule has 0 amide bonds. The van der Waals surface area contributed by atoms with Crippen molar-refractivity contribution in [2.75, 3.05) is 19.7 Å². The van der Waals surface area contributed by atoms with E-state index in [9.17, 15) is 10.1 Å². The van der Waals surface area contributed by atoms with Gasteiger partial charge in [-0.2, -0.15) is 0 Å². The summed E-state index contributed by atoms with van der Waals surface area (Å²) in [5.74, 6) is 1.59. The largest absolute Gasteiger partial charge is 0.492 e. The van der Waals surface area contributed by atoms with Crippen LogP contribution in [0.2, 0.25) is 0 Å². The van der Waals surface area contributed by atoms with E-state index in [1.54, 1.807) is 12.1 Å². The van der Waals surface area contributed by atoms with E-state index in [0.717, 1.165) is 19.0 Å². The SMILES string of the molecule is O=[N+]([O-])c1ccc(OCCNCCC2CCCC2)cc1. The summed E-state index contributed by atoms with van der Waals surface area (Å²) in [5, 5.41) is 13.9. The number of nitro benzene ring substituents is 1. The number of ether oxygens (including phenoxy) is 1. The summed E-state index contributed by atoms with van der Waals surface area (Å²) in [4.78, 5) is 10.1. The molecule has 0 aliphatic heterocycles. The van der Waals surface area contributed by atoms with E-state index in [1.165, 1.54) is 44.2 Å². The molecule has 0 radical (unpaired) electrons. The maximum absolute atomic E-state index is 10.5. The highest BCUT2D eigenvalue weighted by molar-refractivity contribution is 5.35. The van der Waals surface area contributed by atoms with Crippen molar-refractivity contribution in [1.29, 1.82) is 0 Å². The Hall–Kier alpha value is -1.62. The average Bonchev–Trinajstić information content (AvgIpc) is 2.96. The molecule has 0 saturated heterocycles. The van der Waals surface area contributed by atoms with Crippen LogP contribution in [-0.4, -0.2) is 24.6 Å². The van der Waals surface area contributed by atoms with Gasteiger partial charge in [0.1, 0.15) is 12.4 Å². The Bertz CT molecular complexity index is 414. The van der Waals surface area contributed by atoms with Gasteiger partial charge in [0.05, 0.1) is 4.92 Å². The van der Waals surface area contributed by atoms with Crippen LogP contribution in [0.1, 0.15) is 32.1 Å². The fourth-order valence-corrected chi connectivity index (χ4v) is 2.64. The van der Waals surface area contributed by atoms with E-state index in [0.29, 0.717) is 12.4 Å². The highest BCUT2D eigenvalue weighted by atomic mass is 16.6. The highest BCUT2D eigenvalue weighted by Crippen LogP contribution is 2.26. The van der Waals surface area contributed by atoms with Crippen molar-refractivity contribution in [3.63, 3.8) is 0 Å². The van der Waals surface area contributed by atoms with Crippen LogP contribution in [0.4, 0.5) is 5.69 Å². The first-order valence-corrected chi connectivity index (χ1v) is 7.33. The molecule has 1 aromatic rings. The molecule has 110 valence electrons. The Kier molecular flexibility index (Phi) is 5.80. The third-order valence-corrected chi connectivity index (χ3v) is 3.80. The van der Waals surface area contributed by atoms with Crippen LogP contribution in [0, 0.1) is 16.0 Å². The van der Waals surface area contributed by atoms with Crippen molar-refractivity contribution in [2.24, 2.45) is 5.92 Å². The van der Waals surface area contributed by atoms with Crippen LogP contribution in [-0.2, 0) is 0 Å². The topological polar surface area (TPSA) is 64.4 Å². The lowest BCUT2D eigenvalue weighted by molar-refractivity contribution is -0.384. The normalized spacial score (nSPS) is 15.4. The number of rotatable bonds is 8. The van der Waals surface area contributed by atoms with Gasteiger partial charge in [-0.05, 0) is 31.0 Å². The number of hydrogen-bond acceptors (Lipinski definition) is 4. The molecule has 0 aromatic heterocycles. The molecule has 2 rings (SSSR count). The summed E-state index contributed by atoms with van der Waals surface area (Å²) < 4.78 is 5.53. The molecule has 0 bridgehead atoms. The van der Waals surface area contributed by atoms with Crippen molar-refractivity contribution < 1.29 is 9.66 Å². The number of non-ortho nitro benzene ring substituents is 1.